The van der Waals surface area contributed by atoms with E-state index in [0.29, 0.717) is 5.02 Å². The van der Waals surface area contributed by atoms with Gasteiger partial charge in [-0.1, -0.05) is 47.0 Å². The Morgan fingerprint density at radius 3 is 2.63 bits per heavy atom. The maximum absolute atomic E-state index is 13.2. The van der Waals surface area contributed by atoms with Crippen LogP contribution in [0.25, 0.3) is 0 Å². The number of carbonyl (C=O) groups excluding carboxylic acids is 1. The van der Waals surface area contributed by atoms with Gasteiger partial charge in [-0.2, -0.15) is 0 Å². The lowest BCUT2D eigenvalue weighted by molar-refractivity contribution is 0.180. The van der Waals surface area contributed by atoms with Crippen LogP contribution in [-0.2, 0) is 5.41 Å². The van der Waals surface area contributed by atoms with Gasteiger partial charge in [0.15, 0.2) is 0 Å². The number of hydrogen-bond acceptors (Lipinski definition) is 2. The molecule has 1 N–H and O–H groups in total. The molecule has 2 heterocycles. The molecule has 30 heavy (non-hydrogen) atoms. The molecule has 2 aliphatic heterocycles. The first kappa shape index (κ1) is 21.0. The van der Waals surface area contributed by atoms with E-state index < -0.39 is 0 Å². The number of urea groups is 1. The van der Waals surface area contributed by atoms with Gasteiger partial charge in [0.25, 0.3) is 0 Å². The first-order chi connectivity index (χ1) is 14.4. The number of hydrogen-bond donors (Lipinski definition) is 1. The first-order valence-electron chi connectivity index (χ1n) is 10.7. The topological polar surface area (TPSA) is 35.6 Å². The Kier molecular flexibility index (Phi) is 5.90. The predicted molar refractivity (Wildman–Crippen MR) is 126 cm³/mol. The number of benzene rings is 2. The summed E-state index contributed by atoms with van der Waals surface area (Å²) in [6, 6.07) is 13.7. The van der Waals surface area contributed by atoms with Crippen LogP contribution in [0.3, 0.4) is 0 Å². The van der Waals surface area contributed by atoms with Crippen LogP contribution in [0.4, 0.5) is 16.2 Å². The van der Waals surface area contributed by atoms with E-state index in [2.05, 4.69) is 55.3 Å². The molecule has 2 aliphatic rings. The van der Waals surface area contributed by atoms with Gasteiger partial charge in [0.2, 0.25) is 0 Å². The van der Waals surface area contributed by atoms with E-state index in [4.69, 9.17) is 11.6 Å². The number of anilines is 2. The van der Waals surface area contributed by atoms with Crippen LogP contribution < -0.4 is 10.2 Å². The molecule has 0 radical (unpaired) electrons. The van der Waals surface area contributed by atoms with Gasteiger partial charge in [0.05, 0.1) is 0 Å². The third kappa shape index (κ3) is 4.26. The van der Waals surface area contributed by atoms with Crippen LogP contribution in [0.15, 0.2) is 54.1 Å². The zero-order chi connectivity index (χ0) is 21.3. The van der Waals surface area contributed by atoms with E-state index in [-0.39, 0.29) is 11.4 Å². The first-order valence-corrected chi connectivity index (χ1v) is 11.1. The van der Waals surface area contributed by atoms with Gasteiger partial charge in [-0.25, -0.2) is 4.79 Å². The van der Waals surface area contributed by atoms with Gasteiger partial charge in [0, 0.05) is 34.9 Å². The molecular weight excluding hydrogens is 394 g/mol. The van der Waals surface area contributed by atoms with Gasteiger partial charge < -0.3 is 5.32 Å². The Hall–Kier alpha value is -2.30. The molecule has 2 aromatic rings. The summed E-state index contributed by atoms with van der Waals surface area (Å²) < 4.78 is 0. The van der Waals surface area contributed by atoms with E-state index in [9.17, 15) is 4.79 Å². The van der Waals surface area contributed by atoms with E-state index in [1.54, 1.807) is 6.07 Å². The number of amides is 2. The molecule has 0 atom stereocenters. The number of piperidine rings is 1. The van der Waals surface area contributed by atoms with Crippen molar-refractivity contribution >= 4 is 29.0 Å². The molecule has 4 nitrogen and oxygen atoms in total. The summed E-state index contributed by atoms with van der Waals surface area (Å²) in [7, 11) is 0. The lowest BCUT2D eigenvalue weighted by atomic mass is 9.74. The van der Waals surface area contributed by atoms with E-state index in [1.807, 2.05) is 23.1 Å². The minimum absolute atomic E-state index is 0.0362. The van der Waals surface area contributed by atoms with Gasteiger partial charge >= 0.3 is 6.03 Å². The second kappa shape index (κ2) is 8.44. The number of halogens is 1. The summed E-state index contributed by atoms with van der Waals surface area (Å²) in [6.07, 6.45) is 4.44. The highest BCUT2D eigenvalue weighted by molar-refractivity contribution is 6.30. The van der Waals surface area contributed by atoms with Gasteiger partial charge in [-0.15, -0.1) is 0 Å². The van der Waals surface area contributed by atoms with Crippen LogP contribution in [0.2, 0.25) is 5.02 Å². The second-order valence-electron chi connectivity index (χ2n) is 8.91. The normalized spacial score (nSPS) is 17.7. The van der Waals surface area contributed by atoms with Gasteiger partial charge in [-0.05, 0) is 76.5 Å². The average Bonchev–Trinajstić information content (AvgIpc) is 3.01. The van der Waals surface area contributed by atoms with Crippen molar-refractivity contribution in [1.82, 2.24) is 4.90 Å². The molecular formula is C25H30ClN3O. The molecule has 1 fully saturated rings. The number of aryl methyl sites for hydroxylation is 1. The predicted octanol–water partition coefficient (Wildman–Crippen LogP) is 6.00. The van der Waals surface area contributed by atoms with Crippen molar-refractivity contribution < 1.29 is 4.79 Å². The Labute approximate surface area is 184 Å². The van der Waals surface area contributed by atoms with Crippen molar-refractivity contribution in [2.24, 2.45) is 0 Å². The van der Waals surface area contributed by atoms with Crippen molar-refractivity contribution in [1.29, 1.82) is 0 Å². The Bertz CT molecular complexity index is 972. The van der Waals surface area contributed by atoms with Crippen LogP contribution >= 0.6 is 11.6 Å². The van der Waals surface area contributed by atoms with E-state index in [0.717, 1.165) is 50.4 Å². The number of carbonyl (C=O) groups is 1. The highest BCUT2D eigenvalue weighted by atomic mass is 35.5. The summed E-state index contributed by atoms with van der Waals surface area (Å²) in [4.78, 5) is 17.6. The molecule has 1 spiro atoms. The smallest absolute Gasteiger partial charge is 0.307 e. The quantitative estimate of drug-likeness (QED) is 0.614. The van der Waals surface area contributed by atoms with Crippen molar-refractivity contribution in [3.8, 4) is 0 Å². The van der Waals surface area contributed by atoms with Crippen LogP contribution in [0, 0.1) is 6.92 Å². The molecule has 2 aromatic carbocycles. The second-order valence-corrected chi connectivity index (χ2v) is 9.35. The molecule has 0 saturated carbocycles. The molecule has 158 valence electrons. The maximum Gasteiger partial charge on any atom is 0.326 e. The summed E-state index contributed by atoms with van der Waals surface area (Å²) in [6.45, 7) is 10.3. The fourth-order valence-corrected chi connectivity index (χ4v) is 4.81. The highest BCUT2D eigenvalue weighted by Gasteiger charge is 2.46. The van der Waals surface area contributed by atoms with Crippen molar-refractivity contribution in [2.75, 3.05) is 36.4 Å². The molecule has 2 amide bonds. The fraction of sp³-hybridized carbons (Fsp3) is 0.400. The van der Waals surface area contributed by atoms with Crippen LogP contribution in [0.1, 0.15) is 37.8 Å². The molecule has 0 unspecified atom stereocenters. The van der Waals surface area contributed by atoms with Gasteiger partial charge in [-0.3, -0.25) is 9.80 Å². The Morgan fingerprint density at radius 2 is 1.93 bits per heavy atom. The van der Waals surface area contributed by atoms with Crippen molar-refractivity contribution in [3.05, 3.63) is 70.3 Å². The number of rotatable bonds is 3. The maximum atomic E-state index is 13.2. The van der Waals surface area contributed by atoms with Crippen LogP contribution in [-0.4, -0.2) is 37.1 Å². The lowest BCUT2D eigenvalue weighted by Gasteiger charge is -2.39. The van der Waals surface area contributed by atoms with Crippen molar-refractivity contribution in [2.45, 2.75) is 39.0 Å². The number of nitrogens with zero attached hydrogens (tertiary/aromatic N) is 2. The molecule has 1 saturated heterocycles. The molecule has 0 aromatic heterocycles. The molecule has 0 bridgehead atoms. The number of likely N-dealkylation sites (tertiary alicyclic amines) is 1. The van der Waals surface area contributed by atoms with Crippen molar-refractivity contribution in [3.63, 3.8) is 0 Å². The third-order valence-electron chi connectivity index (χ3n) is 6.37. The molecule has 5 heteroatoms. The summed E-state index contributed by atoms with van der Waals surface area (Å²) in [5.41, 5.74) is 5.73. The zero-order valence-electron chi connectivity index (χ0n) is 18.0. The highest BCUT2D eigenvalue weighted by Crippen LogP contribution is 2.47. The Morgan fingerprint density at radius 1 is 1.17 bits per heavy atom. The minimum Gasteiger partial charge on any atom is -0.307 e. The van der Waals surface area contributed by atoms with E-state index in [1.165, 1.54) is 16.7 Å². The van der Waals surface area contributed by atoms with Gasteiger partial charge in [0.1, 0.15) is 0 Å². The zero-order valence-corrected chi connectivity index (χ0v) is 18.8. The summed E-state index contributed by atoms with van der Waals surface area (Å²) in [5.74, 6) is 0. The van der Waals surface area contributed by atoms with Crippen LogP contribution in [0.5, 0.6) is 0 Å². The fourth-order valence-electron chi connectivity index (χ4n) is 4.62. The standard InChI is InChI=1S/C25H30ClN3O/c1-18(2)9-12-28-13-10-25(11-14-28)17-29(23-8-7-19(3)15-22(23)25)24(30)27-21-6-4-5-20(26)16-21/h4-9,15-16H,10-14,17H2,1-3H3,(H,27,30). The number of allylic oxidation sites excluding steroid dienone is 1. The lowest BCUT2D eigenvalue weighted by Crippen LogP contribution is -2.46. The number of fused-ring (bicyclic) bond motifs is 2. The SMILES string of the molecule is CC(C)=CCN1CCC2(CC1)CN(C(=O)Nc1cccc(Cl)c1)c1ccc(C)cc12. The largest absolute Gasteiger partial charge is 0.326 e. The summed E-state index contributed by atoms with van der Waals surface area (Å²) >= 11 is 6.09. The average molecular weight is 424 g/mol. The third-order valence-corrected chi connectivity index (χ3v) is 6.60. The molecule has 4 rings (SSSR count). The molecule has 0 aliphatic carbocycles. The summed E-state index contributed by atoms with van der Waals surface area (Å²) in [5, 5.41) is 3.64. The van der Waals surface area contributed by atoms with E-state index >= 15 is 0 Å². The Balaban J connectivity index is 1.56. The minimum atomic E-state index is -0.0915. The number of nitrogens with one attached hydrogen (secondary N) is 1. The monoisotopic (exact) mass is 423 g/mol.